The first-order valence-electron chi connectivity index (χ1n) is 19.0. The van der Waals surface area contributed by atoms with Gasteiger partial charge in [0.15, 0.2) is 11.5 Å². The molecule has 11 heteroatoms. The lowest BCUT2D eigenvalue weighted by molar-refractivity contribution is 0.0696. The first-order chi connectivity index (χ1) is 27.8. The molecule has 11 nitrogen and oxygen atoms in total. The SMILES string of the molecule is C=CCOc1cc(COc2cc3c(cc2C)C(=O)N2Cc4ccccc4C[C@H]2C=N3)nc(COc2cc3c(cc2OC)C(=O)N2Cc4ccccc4C[C@H]2C=N3)c1. The molecular weight excluding hydrogens is 719 g/mol. The van der Waals surface area contributed by atoms with Crippen molar-refractivity contribution in [3.8, 4) is 23.0 Å². The van der Waals surface area contributed by atoms with Crippen molar-refractivity contribution in [2.24, 2.45) is 9.98 Å². The van der Waals surface area contributed by atoms with Crippen LogP contribution < -0.4 is 18.9 Å². The number of aryl methyl sites for hydroxylation is 1. The van der Waals surface area contributed by atoms with Crippen molar-refractivity contribution in [1.29, 1.82) is 0 Å². The van der Waals surface area contributed by atoms with Crippen LogP contribution in [0.3, 0.4) is 0 Å². The van der Waals surface area contributed by atoms with Gasteiger partial charge in [-0.2, -0.15) is 0 Å². The van der Waals surface area contributed by atoms with Gasteiger partial charge < -0.3 is 28.7 Å². The van der Waals surface area contributed by atoms with Crippen LogP contribution in [0.1, 0.15) is 59.9 Å². The summed E-state index contributed by atoms with van der Waals surface area (Å²) >= 11 is 0. The fourth-order valence-electron chi connectivity index (χ4n) is 7.97. The molecule has 57 heavy (non-hydrogen) atoms. The maximum Gasteiger partial charge on any atom is 0.257 e. The van der Waals surface area contributed by atoms with E-state index in [1.54, 1.807) is 31.4 Å². The zero-order valence-electron chi connectivity index (χ0n) is 31.8. The highest BCUT2D eigenvalue weighted by Crippen LogP contribution is 2.39. The van der Waals surface area contributed by atoms with Crippen molar-refractivity contribution in [3.63, 3.8) is 0 Å². The van der Waals surface area contributed by atoms with E-state index in [2.05, 4.69) is 30.8 Å². The average molecular weight is 760 g/mol. The van der Waals surface area contributed by atoms with Crippen molar-refractivity contribution in [1.82, 2.24) is 14.8 Å². The number of fused-ring (bicyclic) bond motifs is 6. The summed E-state index contributed by atoms with van der Waals surface area (Å²) in [5, 5.41) is 0. The third-order valence-electron chi connectivity index (χ3n) is 10.9. The summed E-state index contributed by atoms with van der Waals surface area (Å²) in [6.07, 6.45) is 6.83. The van der Waals surface area contributed by atoms with Crippen LogP contribution >= 0.6 is 0 Å². The molecule has 0 saturated carbocycles. The number of carbonyl (C=O) groups excluding carboxylic acids is 2. The number of aromatic nitrogens is 1. The molecule has 0 saturated heterocycles. The van der Waals surface area contributed by atoms with E-state index in [9.17, 15) is 9.59 Å². The number of benzene rings is 4. The predicted octanol–water partition coefficient (Wildman–Crippen LogP) is 7.69. The van der Waals surface area contributed by atoms with Gasteiger partial charge in [0, 0.05) is 49.8 Å². The topological polar surface area (TPSA) is 115 Å². The number of aliphatic imine (C=N–C) groups is 2. The van der Waals surface area contributed by atoms with Crippen LogP contribution in [0.4, 0.5) is 11.4 Å². The molecule has 4 aliphatic rings. The second-order valence-corrected chi connectivity index (χ2v) is 14.6. The number of ether oxygens (including phenoxy) is 4. The number of pyridine rings is 1. The molecule has 5 heterocycles. The summed E-state index contributed by atoms with van der Waals surface area (Å²) < 4.78 is 24.3. The van der Waals surface area contributed by atoms with E-state index in [0.717, 1.165) is 23.1 Å². The van der Waals surface area contributed by atoms with E-state index in [1.165, 1.54) is 11.1 Å². The fraction of sp³-hybridized carbons (Fsp3) is 0.239. The van der Waals surface area contributed by atoms with Crippen molar-refractivity contribution in [2.75, 3.05) is 13.7 Å². The third-order valence-corrected chi connectivity index (χ3v) is 10.9. The smallest absolute Gasteiger partial charge is 0.257 e. The Morgan fingerprint density at radius 2 is 1.21 bits per heavy atom. The van der Waals surface area contributed by atoms with Crippen LogP contribution in [0.25, 0.3) is 0 Å². The summed E-state index contributed by atoms with van der Waals surface area (Å²) in [5.41, 5.74) is 8.89. The zero-order valence-corrected chi connectivity index (χ0v) is 31.8. The number of rotatable bonds is 10. The number of amides is 2. The summed E-state index contributed by atoms with van der Waals surface area (Å²) in [5.74, 6) is 1.88. The number of hydrogen-bond acceptors (Lipinski definition) is 9. The predicted molar refractivity (Wildman–Crippen MR) is 217 cm³/mol. The van der Waals surface area contributed by atoms with E-state index >= 15 is 0 Å². The van der Waals surface area contributed by atoms with Gasteiger partial charge in [0.05, 0.1) is 53.1 Å². The standard InChI is InChI=1S/C46H41N5O6/c1-4-13-55-37-17-33(26-56-42-20-40-38(14-28(42)2)45(52)50-24-31-11-7-5-9-29(31)15-35(50)22-47-40)49-34(18-37)27-57-44-21-41-39(19-43(44)54-3)46(53)51-25-32-12-8-6-10-30(32)16-36(51)23-48-41/h4-12,14,17-23,35-36H,1,13,15-16,24-27H2,2-3H3/t35-,36-/m0/s1. The number of hydrogen-bond donors (Lipinski definition) is 0. The zero-order chi connectivity index (χ0) is 39.0. The Kier molecular flexibility index (Phi) is 9.49. The molecule has 0 spiro atoms. The Balaban J connectivity index is 0.932. The fourth-order valence-corrected chi connectivity index (χ4v) is 7.97. The second kappa shape index (κ2) is 15.1. The minimum absolute atomic E-state index is 0.0405. The van der Waals surface area contributed by atoms with Crippen LogP contribution in [0.2, 0.25) is 0 Å². The average Bonchev–Trinajstić information content (AvgIpc) is 3.45. The summed E-state index contributed by atoms with van der Waals surface area (Å²) in [4.78, 5) is 45.8. The Hall–Kier alpha value is -6.75. The molecule has 9 rings (SSSR count). The lowest BCUT2D eigenvalue weighted by Crippen LogP contribution is -2.44. The normalized spacial score (nSPS) is 17.5. The Labute approximate surface area is 330 Å². The van der Waals surface area contributed by atoms with Gasteiger partial charge in [-0.15, -0.1) is 0 Å². The Bertz CT molecular complexity index is 2490. The van der Waals surface area contributed by atoms with Crippen LogP contribution in [0.5, 0.6) is 23.0 Å². The Morgan fingerprint density at radius 1 is 0.684 bits per heavy atom. The molecular formula is C46H41N5O6. The molecule has 4 aliphatic heterocycles. The molecule has 1 aromatic heterocycles. The Morgan fingerprint density at radius 3 is 1.77 bits per heavy atom. The van der Waals surface area contributed by atoms with Gasteiger partial charge >= 0.3 is 0 Å². The summed E-state index contributed by atoms with van der Waals surface area (Å²) in [7, 11) is 1.55. The second-order valence-electron chi connectivity index (χ2n) is 14.6. The van der Waals surface area contributed by atoms with Gasteiger partial charge in [-0.05, 0) is 59.7 Å². The van der Waals surface area contributed by atoms with Crippen molar-refractivity contribution < 1.29 is 28.5 Å². The summed E-state index contributed by atoms with van der Waals surface area (Å²) in [6, 6.07) is 27.0. The number of carbonyl (C=O) groups is 2. The highest BCUT2D eigenvalue weighted by atomic mass is 16.5. The molecule has 0 bridgehead atoms. The molecule has 0 aliphatic carbocycles. The van der Waals surface area contributed by atoms with Gasteiger partial charge in [0.25, 0.3) is 11.8 Å². The van der Waals surface area contributed by atoms with Crippen LogP contribution in [0.15, 0.2) is 108 Å². The van der Waals surface area contributed by atoms with Crippen LogP contribution in [0, 0.1) is 6.92 Å². The van der Waals surface area contributed by atoms with Crippen molar-refractivity contribution in [2.45, 2.75) is 58.2 Å². The molecule has 4 aromatic carbocycles. The monoisotopic (exact) mass is 759 g/mol. The first-order valence-corrected chi connectivity index (χ1v) is 19.0. The molecule has 286 valence electrons. The minimum atomic E-state index is -0.149. The van der Waals surface area contributed by atoms with Gasteiger partial charge in [-0.1, -0.05) is 61.2 Å². The minimum Gasteiger partial charge on any atom is -0.493 e. The molecule has 0 N–H and O–H groups in total. The van der Waals surface area contributed by atoms with E-state index in [0.29, 0.717) is 83.0 Å². The van der Waals surface area contributed by atoms with E-state index in [-0.39, 0.29) is 37.1 Å². The lowest BCUT2D eigenvalue weighted by atomic mass is 9.94. The maximum atomic E-state index is 13.9. The molecule has 5 aromatic rings. The van der Waals surface area contributed by atoms with Gasteiger partial charge in [0.1, 0.15) is 31.3 Å². The molecule has 2 atom stereocenters. The van der Waals surface area contributed by atoms with Crippen molar-refractivity contribution >= 4 is 35.6 Å². The molecule has 0 fully saturated rings. The van der Waals surface area contributed by atoms with Crippen LogP contribution in [-0.4, -0.2) is 64.8 Å². The van der Waals surface area contributed by atoms with Gasteiger partial charge in [0.2, 0.25) is 0 Å². The molecule has 0 radical (unpaired) electrons. The van der Waals surface area contributed by atoms with E-state index in [4.69, 9.17) is 33.9 Å². The number of nitrogens with zero attached hydrogens (tertiary/aromatic N) is 5. The lowest BCUT2D eigenvalue weighted by Gasteiger charge is -2.34. The van der Waals surface area contributed by atoms with E-state index in [1.807, 2.05) is 71.6 Å². The highest BCUT2D eigenvalue weighted by molar-refractivity contribution is 6.04. The molecule has 2 amide bonds. The quantitative estimate of drug-likeness (QED) is 0.134. The third kappa shape index (κ3) is 7.01. The summed E-state index contributed by atoms with van der Waals surface area (Å²) in [6.45, 7) is 7.27. The van der Waals surface area contributed by atoms with Crippen LogP contribution in [-0.2, 0) is 39.1 Å². The highest BCUT2D eigenvalue weighted by Gasteiger charge is 2.34. The van der Waals surface area contributed by atoms with Gasteiger partial charge in [-0.3, -0.25) is 24.6 Å². The molecule has 0 unspecified atom stereocenters. The number of methoxy groups -OCH3 is 1. The maximum absolute atomic E-state index is 13.9. The van der Waals surface area contributed by atoms with E-state index < -0.39 is 0 Å². The van der Waals surface area contributed by atoms with Crippen molar-refractivity contribution in [3.05, 3.63) is 148 Å². The largest absolute Gasteiger partial charge is 0.493 e. The van der Waals surface area contributed by atoms with Gasteiger partial charge in [-0.25, -0.2) is 0 Å². The first kappa shape index (κ1) is 35.9.